The standard InChI is InChI=1S/C17H25N3O/c1-10(2)13-6-8-14(9-7-13)16-19-17(21-20-16)15(11(3)4)12(5)18/h6-12,15H,18H2,1-5H3. The van der Waals surface area contributed by atoms with Crippen LogP contribution in [-0.4, -0.2) is 16.2 Å². The van der Waals surface area contributed by atoms with E-state index in [9.17, 15) is 0 Å². The molecular weight excluding hydrogens is 262 g/mol. The molecule has 0 bridgehead atoms. The zero-order valence-corrected chi connectivity index (χ0v) is 13.5. The summed E-state index contributed by atoms with van der Waals surface area (Å²) in [7, 11) is 0. The molecule has 0 aliphatic rings. The van der Waals surface area contributed by atoms with Crippen molar-refractivity contribution < 1.29 is 4.52 Å². The van der Waals surface area contributed by atoms with E-state index >= 15 is 0 Å². The molecule has 1 aromatic carbocycles. The fraction of sp³-hybridized carbons (Fsp3) is 0.529. The van der Waals surface area contributed by atoms with Crippen LogP contribution in [0, 0.1) is 5.92 Å². The first-order chi connectivity index (χ1) is 9.90. The van der Waals surface area contributed by atoms with E-state index in [1.807, 2.05) is 19.1 Å². The molecule has 0 spiro atoms. The highest BCUT2D eigenvalue weighted by Gasteiger charge is 2.26. The van der Waals surface area contributed by atoms with Crippen LogP contribution in [0.25, 0.3) is 11.4 Å². The average molecular weight is 287 g/mol. The lowest BCUT2D eigenvalue weighted by Crippen LogP contribution is -2.28. The van der Waals surface area contributed by atoms with Crippen LogP contribution in [0.5, 0.6) is 0 Å². The Bertz CT molecular complexity index is 562. The summed E-state index contributed by atoms with van der Waals surface area (Å²) in [6.45, 7) is 10.6. The molecule has 0 amide bonds. The van der Waals surface area contributed by atoms with Crippen molar-refractivity contribution in [3.8, 4) is 11.4 Å². The van der Waals surface area contributed by atoms with Crippen LogP contribution in [0.1, 0.15) is 57.9 Å². The summed E-state index contributed by atoms with van der Waals surface area (Å²) in [6.07, 6.45) is 0. The van der Waals surface area contributed by atoms with Gasteiger partial charge in [0.2, 0.25) is 11.7 Å². The molecule has 2 atom stereocenters. The van der Waals surface area contributed by atoms with E-state index in [-0.39, 0.29) is 12.0 Å². The summed E-state index contributed by atoms with van der Waals surface area (Å²) in [5.74, 6) is 2.22. The molecule has 0 saturated heterocycles. The highest BCUT2D eigenvalue weighted by Crippen LogP contribution is 2.28. The molecule has 0 saturated carbocycles. The SMILES string of the molecule is CC(C)c1ccc(-c2noc(C(C(C)C)C(C)N)n2)cc1. The topological polar surface area (TPSA) is 64.9 Å². The third kappa shape index (κ3) is 3.50. The van der Waals surface area contributed by atoms with Gasteiger partial charge in [0.1, 0.15) is 0 Å². The number of nitrogens with two attached hydrogens (primary N) is 1. The van der Waals surface area contributed by atoms with Gasteiger partial charge in [-0.25, -0.2) is 0 Å². The molecule has 1 heterocycles. The third-order valence-electron chi connectivity index (χ3n) is 3.85. The van der Waals surface area contributed by atoms with E-state index in [2.05, 4.69) is 50.0 Å². The van der Waals surface area contributed by atoms with Gasteiger partial charge in [0, 0.05) is 11.6 Å². The first-order valence-electron chi connectivity index (χ1n) is 7.59. The molecule has 2 N–H and O–H groups in total. The number of rotatable bonds is 5. The Morgan fingerprint density at radius 2 is 1.62 bits per heavy atom. The Morgan fingerprint density at radius 1 is 1.00 bits per heavy atom. The zero-order valence-electron chi connectivity index (χ0n) is 13.5. The predicted octanol–water partition coefficient (Wildman–Crippen LogP) is 3.95. The summed E-state index contributed by atoms with van der Waals surface area (Å²) >= 11 is 0. The molecule has 114 valence electrons. The van der Waals surface area contributed by atoms with Gasteiger partial charge >= 0.3 is 0 Å². The molecule has 4 heteroatoms. The minimum Gasteiger partial charge on any atom is -0.339 e. The van der Waals surface area contributed by atoms with Crippen molar-refractivity contribution in [2.75, 3.05) is 0 Å². The lowest BCUT2D eigenvalue weighted by Gasteiger charge is -2.20. The Hall–Kier alpha value is -1.68. The number of hydrogen-bond donors (Lipinski definition) is 1. The smallest absolute Gasteiger partial charge is 0.231 e. The minimum absolute atomic E-state index is 0.0124. The second-order valence-corrected chi connectivity index (χ2v) is 6.36. The first-order valence-corrected chi connectivity index (χ1v) is 7.59. The van der Waals surface area contributed by atoms with Gasteiger partial charge in [-0.05, 0) is 24.3 Å². The summed E-state index contributed by atoms with van der Waals surface area (Å²) in [5, 5.41) is 4.10. The molecular formula is C17H25N3O. The van der Waals surface area contributed by atoms with E-state index in [4.69, 9.17) is 10.3 Å². The van der Waals surface area contributed by atoms with Crippen molar-refractivity contribution in [2.45, 2.75) is 52.5 Å². The summed E-state index contributed by atoms with van der Waals surface area (Å²) < 4.78 is 5.44. The molecule has 0 radical (unpaired) electrons. The van der Waals surface area contributed by atoms with E-state index in [0.29, 0.717) is 23.6 Å². The lowest BCUT2D eigenvalue weighted by molar-refractivity contribution is 0.300. The van der Waals surface area contributed by atoms with E-state index in [0.717, 1.165) is 5.56 Å². The van der Waals surface area contributed by atoms with Crippen molar-refractivity contribution in [1.29, 1.82) is 0 Å². The third-order valence-corrected chi connectivity index (χ3v) is 3.85. The van der Waals surface area contributed by atoms with Crippen molar-refractivity contribution in [2.24, 2.45) is 11.7 Å². The van der Waals surface area contributed by atoms with Crippen molar-refractivity contribution in [3.05, 3.63) is 35.7 Å². The molecule has 0 aliphatic heterocycles. The zero-order chi connectivity index (χ0) is 15.6. The van der Waals surface area contributed by atoms with Crippen molar-refractivity contribution >= 4 is 0 Å². The van der Waals surface area contributed by atoms with E-state index in [1.165, 1.54) is 5.56 Å². The maximum atomic E-state index is 6.04. The Labute approximate surface area is 126 Å². The quantitative estimate of drug-likeness (QED) is 0.904. The molecule has 0 aliphatic carbocycles. The molecule has 1 aromatic heterocycles. The lowest BCUT2D eigenvalue weighted by atomic mass is 9.90. The molecule has 2 rings (SSSR count). The van der Waals surface area contributed by atoms with Gasteiger partial charge in [-0.2, -0.15) is 4.98 Å². The monoisotopic (exact) mass is 287 g/mol. The van der Waals surface area contributed by atoms with Crippen LogP contribution >= 0.6 is 0 Å². The van der Waals surface area contributed by atoms with Crippen molar-refractivity contribution in [1.82, 2.24) is 10.1 Å². The maximum absolute atomic E-state index is 6.04. The predicted molar refractivity (Wildman–Crippen MR) is 85.1 cm³/mol. The Balaban J connectivity index is 2.26. The van der Waals surface area contributed by atoms with Crippen molar-refractivity contribution in [3.63, 3.8) is 0 Å². The van der Waals surface area contributed by atoms with Crippen LogP contribution < -0.4 is 5.73 Å². The Morgan fingerprint density at radius 3 is 2.10 bits per heavy atom. The van der Waals surface area contributed by atoms with Gasteiger partial charge in [0.15, 0.2) is 0 Å². The Kier molecular flexibility index (Phi) is 4.78. The van der Waals surface area contributed by atoms with Gasteiger partial charge in [-0.1, -0.05) is 57.1 Å². The van der Waals surface area contributed by atoms with Crippen LogP contribution in [0.15, 0.2) is 28.8 Å². The summed E-state index contributed by atoms with van der Waals surface area (Å²) in [4.78, 5) is 4.54. The normalized spacial score (nSPS) is 14.7. The van der Waals surface area contributed by atoms with Crippen LogP contribution in [0.2, 0.25) is 0 Å². The number of hydrogen-bond acceptors (Lipinski definition) is 4. The molecule has 2 aromatic rings. The number of aromatic nitrogens is 2. The summed E-state index contributed by atoms with van der Waals surface area (Å²) in [5.41, 5.74) is 8.32. The fourth-order valence-electron chi connectivity index (χ4n) is 2.62. The van der Waals surface area contributed by atoms with E-state index < -0.39 is 0 Å². The largest absolute Gasteiger partial charge is 0.339 e. The van der Waals surface area contributed by atoms with Gasteiger partial charge in [0.05, 0.1) is 5.92 Å². The van der Waals surface area contributed by atoms with Gasteiger partial charge in [0.25, 0.3) is 0 Å². The summed E-state index contributed by atoms with van der Waals surface area (Å²) in [6, 6.07) is 8.30. The maximum Gasteiger partial charge on any atom is 0.231 e. The molecule has 2 unspecified atom stereocenters. The molecule has 4 nitrogen and oxygen atoms in total. The highest BCUT2D eigenvalue weighted by atomic mass is 16.5. The first kappa shape index (κ1) is 15.7. The van der Waals surface area contributed by atoms with Crippen LogP contribution in [0.3, 0.4) is 0 Å². The second kappa shape index (κ2) is 6.39. The fourth-order valence-corrected chi connectivity index (χ4v) is 2.62. The van der Waals surface area contributed by atoms with Crippen LogP contribution in [-0.2, 0) is 0 Å². The highest BCUT2D eigenvalue weighted by molar-refractivity contribution is 5.54. The molecule has 21 heavy (non-hydrogen) atoms. The van der Waals surface area contributed by atoms with E-state index in [1.54, 1.807) is 0 Å². The average Bonchev–Trinajstić information content (AvgIpc) is 2.87. The molecule has 0 fully saturated rings. The number of nitrogens with zero attached hydrogens (tertiary/aromatic N) is 2. The number of benzene rings is 1. The second-order valence-electron chi connectivity index (χ2n) is 6.36. The minimum atomic E-state index is -0.0124. The van der Waals surface area contributed by atoms with Gasteiger partial charge < -0.3 is 10.3 Å². The van der Waals surface area contributed by atoms with Gasteiger partial charge in [-0.15, -0.1) is 0 Å². The van der Waals surface area contributed by atoms with Crippen LogP contribution in [0.4, 0.5) is 0 Å². The van der Waals surface area contributed by atoms with Gasteiger partial charge in [-0.3, -0.25) is 0 Å².